The SMILES string of the molecule is CCn1nc(CC(N)=O)nc1[C@@H](c1cccnc1)N1CCOCC1. The highest BCUT2D eigenvalue weighted by atomic mass is 16.5. The number of nitrogens with two attached hydrogens (primary N) is 1. The number of primary amides is 1. The highest BCUT2D eigenvalue weighted by Gasteiger charge is 2.29. The standard InChI is InChI=1S/C16H22N6O2/c1-2-22-16(19-14(20-22)10-13(17)23)15(12-4-3-5-18-11-12)21-6-8-24-9-7-21/h3-5,11,15H,2,6-10H2,1H3,(H2,17,23)/t15-/m1/s1. The maximum Gasteiger partial charge on any atom is 0.225 e. The lowest BCUT2D eigenvalue weighted by molar-refractivity contribution is -0.117. The lowest BCUT2D eigenvalue weighted by Crippen LogP contribution is -2.40. The number of ether oxygens (including phenoxy) is 1. The fourth-order valence-electron chi connectivity index (χ4n) is 2.97. The normalized spacial score (nSPS) is 16.9. The van der Waals surface area contributed by atoms with Gasteiger partial charge in [0.2, 0.25) is 5.91 Å². The molecule has 0 radical (unpaired) electrons. The predicted octanol–water partition coefficient (Wildman–Crippen LogP) is 0.142. The number of morpholine rings is 1. The Morgan fingerprint density at radius 3 is 2.83 bits per heavy atom. The van der Waals surface area contributed by atoms with Crippen LogP contribution in [-0.4, -0.2) is 56.9 Å². The van der Waals surface area contributed by atoms with Gasteiger partial charge in [0, 0.05) is 32.0 Å². The van der Waals surface area contributed by atoms with E-state index in [4.69, 9.17) is 10.5 Å². The van der Waals surface area contributed by atoms with Gasteiger partial charge in [0.25, 0.3) is 0 Å². The first-order valence-electron chi connectivity index (χ1n) is 8.12. The zero-order chi connectivity index (χ0) is 16.9. The summed E-state index contributed by atoms with van der Waals surface area (Å²) in [5.41, 5.74) is 6.34. The fourth-order valence-corrected chi connectivity index (χ4v) is 2.97. The summed E-state index contributed by atoms with van der Waals surface area (Å²) < 4.78 is 7.31. The van der Waals surface area contributed by atoms with Crippen molar-refractivity contribution in [2.45, 2.75) is 25.9 Å². The molecule has 3 rings (SSSR count). The summed E-state index contributed by atoms with van der Waals surface area (Å²) in [4.78, 5) is 22.4. The molecule has 2 aromatic heterocycles. The van der Waals surface area contributed by atoms with Crippen molar-refractivity contribution in [3.05, 3.63) is 41.7 Å². The Morgan fingerprint density at radius 1 is 1.42 bits per heavy atom. The van der Waals surface area contributed by atoms with Crippen LogP contribution in [0.3, 0.4) is 0 Å². The van der Waals surface area contributed by atoms with Gasteiger partial charge in [-0.15, -0.1) is 0 Å². The maximum absolute atomic E-state index is 11.2. The molecule has 0 aromatic carbocycles. The number of rotatable bonds is 6. The van der Waals surface area contributed by atoms with E-state index in [1.165, 1.54) is 0 Å². The second-order valence-corrected chi connectivity index (χ2v) is 5.68. The maximum atomic E-state index is 11.2. The first-order valence-corrected chi connectivity index (χ1v) is 8.12. The highest BCUT2D eigenvalue weighted by Crippen LogP contribution is 2.28. The molecule has 1 aliphatic heterocycles. The van der Waals surface area contributed by atoms with Crippen LogP contribution in [0.2, 0.25) is 0 Å². The van der Waals surface area contributed by atoms with Crippen LogP contribution in [0.4, 0.5) is 0 Å². The quantitative estimate of drug-likeness (QED) is 0.809. The van der Waals surface area contributed by atoms with Crippen molar-refractivity contribution in [1.82, 2.24) is 24.6 Å². The minimum atomic E-state index is -0.431. The van der Waals surface area contributed by atoms with Crippen LogP contribution < -0.4 is 5.73 Å². The van der Waals surface area contributed by atoms with E-state index < -0.39 is 5.91 Å². The van der Waals surface area contributed by atoms with Crippen molar-refractivity contribution in [3.63, 3.8) is 0 Å². The zero-order valence-corrected chi connectivity index (χ0v) is 13.8. The summed E-state index contributed by atoms with van der Waals surface area (Å²) in [5.74, 6) is 0.837. The molecule has 0 spiro atoms. The van der Waals surface area contributed by atoms with Crippen LogP contribution in [0, 0.1) is 0 Å². The second kappa shape index (κ2) is 7.50. The van der Waals surface area contributed by atoms with E-state index >= 15 is 0 Å². The van der Waals surface area contributed by atoms with Gasteiger partial charge >= 0.3 is 0 Å². The summed E-state index contributed by atoms with van der Waals surface area (Å²) >= 11 is 0. The first kappa shape index (κ1) is 16.5. The van der Waals surface area contributed by atoms with Gasteiger partial charge in [0.15, 0.2) is 5.82 Å². The Morgan fingerprint density at radius 2 is 2.21 bits per heavy atom. The van der Waals surface area contributed by atoms with Crippen LogP contribution >= 0.6 is 0 Å². The molecule has 2 aromatic rings. The third-order valence-electron chi connectivity index (χ3n) is 4.03. The van der Waals surface area contributed by atoms with Gasteiger partial charge in [-0.3, -0.25) is 14.7 Å². The summed E-state index contributed by atoms with van der Waals surface area (Å²) in [5, 5.41) is 4.44. The van der Waals surface area contributed by atoms with Gasteiger partial charge in [0.1, 0.15) is 5.82 Å². The number of hydrogen-bond acceptors (Lipinski definition) is 6. The summed E-state index contributed by atoms with van der Waals surface area (Å²) in [7, 11) is 0. The molecule has 128 valence electrons. The van der Waals surface area contributed by atoms with Crippen LogP contribution in [0.5, 0.6) is 0 Å². The van der Waals surface area contributed by atoms with E-state index in [0.717, 1.165) is 24.5 Å². The van der Waals surface area contributed by atoms with Gasteiger partial charge in [-0.05, 0) is 18.6 Å². The average molecular weight is 330 g/mol. The molecule has 3 heterocycles. The molecular formula is C16H22N6O2. The molecule has 0 aliphatic carbocycles. The number of nitrogens with zero attached hydrogens (tertiary/aromatic N) is 5. The molecule has 1 atom stereocenters. The monoisotopic (exact) mass is 330 g/mol. The molecule has 1 amide bonds. The number of aromatic nitrogens is 4. The molecule has 2 N–H and O–H groups in total. The molecule has 0 bridgehead atoms. The summed E-state index contributed by atoms with van der Waals surface area (Å²) in [6.45, 7) is 5.66. The number of carbonyl (C=O) groups is 1. The van der Waals surface area contributed by atoms with Gasteiger partial charge in [-0.2, -0.15) is 5.10 Å². The Labute approximate surface area is 140 Å². The summed E-state index contributed by atoms with van der Waals surface area (Å²) in [6, 6.07) is 3.88. The summed E-state index contributed by atoms with van der Waals surface area (Å²) in [6.07, 6.45) is 3.65. The van der Waals surface area contributed by atoms with Crippen LogP contribution in [0.15, 0.2) is 24.5 Å². The third kappa shape index (κ3) is 3.60. The minimum Gasteiger partial charge on any atom is -0.379 e. The molecule has 1 aliphatic rings. The Kier molecular flexibility index (Phi) is 5.17. The lowest BCUT2D eigenvalue weighted by Gasteiger charge is -2.34. The molecule has 1 saturated heterocycles. The van der Waals surface area contributed by atoms with Gasteiger partial charge in [-0.25, -0.2) is 9.67 Å². The van der Waals surface area contributed by atoms with Crippen LogP contribution in [-0.2, 0) is 22.5 Å². The van der Waals surface area contributed by atoms with E-state index in [1.807, 2.05) is 29.9 Å². The molecule has 8 heteroatoms. The largest absolute Gasteiger partial charge is 0.379 e. The van der Waals surface area contributed by atoms with E-state index in [-0.39, 0.29) is 12.5 Å². The average Bonchev–Trinajstić information content (AvgIpc) is 2.99. The molecule has 8 nitrogen and oxygen atoms in total. The third-order valence-corrected chi connectivity index (χ3v) is 4.03. The van der Waals surface area contributed by atoms with Crippen molar-refractivity contribution < 1.29 is 9.53 Å². The molecular weight excluding hydrogens is 308 g/mol. The molecule has 24 heavy (non-hydrogen) atoms. The van der Waals surface area contributed by atoms with Gasteiger partial charge in [0.05, 0.1) is 25.7 Å². The van der Waals surface area contributed by atoms with Gasteiger partial charge < -0.3 is 10.5 Å². The number of hydrogen-bond donors (Lipinski definition) is 1. The Hall–Kier alpha value is -2.32. The van der Waals surface area contributed by atoms with E-state index in [0.29, 0.717) is 25.6 Å². The van der Waals surface area contributed by atoms with Crippen molar-refractivity contribution in [2.24, 2.45) is 5.73 Å². The van der Waals surface area contributed by atoms with Crippen molar-refractivity contribution >= 4 is 5.91 Å². The first-order chi connectivity index (χ1) is 11.7. The van der Waals surface area contributed by atoms with Crippen molar-refractivity contribution in [2.75, 3.05) is 26.3 Å². The zero-order valence-electron chi connectivity index (χ0n) is 13.8. The van der Waals surface area contributed by atoms with E-state index in [1.54, 1.807) is 6.20 Å². The van der Waals surface area contributed by atoms with Crippen LogP contribution in [0.1, 0.15) is 30.2 Å². The highest BCUT2D eigenvalue weighted by molar-refractivity contribution is 5.75. The number of aryl methyl sites for hydroxylation is 1. The number of carbonyl (C=O) groups excluding carboxylic acids is 1. The van der Waals surface area contributed by atoms with E-state index in [9.17, 15) is 4.79 Å². The van der Waals surface area contributed by atoms with Crippen LogP contribution in [0.25, 0.3) is 0 Å². The van der Waals surface area contributed by atoms with Gasteiger partial charge in [-0.1, -0.05) is 6.07 Å². The predicted molar refractivity (Wildman–Crippen MR) is 87.1 cm³/mol. The Bertz CT molecular complexity index is 681. The minimum absolute atomic E-state index is 0.0445. The fraction of sp³-hybridized carbons (Fsp3) is 0.500. The molecule has 0 unspecified atom stereocenters. The smallest absolute Gasteiger partial charge is 0.225 e. The Balaban J connectivity index is 2.01. The topological polar surface area (TPSA) is 99.2 Å². The second-order valence-electron chi connectivity index (χ2n) is 5.68. The molecule has 1 fully saturated rings. The van der Waals surface area contributed by atoms with Crippen molar-refractivity contribution in [3.8, 4) is 0 Å². The lowest BCUT2D eigenvalue weighted by atomic mass is 10.1. The van der Waals surface area contributed by atoms with E-state index in [2.05, 4.69) is 20.0 Å². The number of amides is 1. The van der Waals surface area contributed by atoms with Crippen molar-refractivity contribution in [1.29, 1.82) is 0 Å². The molecule has 0 saturated carbocycles. The number of pyridine rings is 1.